The van der Waals surface area contributed by atoms with Gasteiger partial charge in [0.25, 0.3) is 0 Å². The summed E-state index contributed by atoms with van der Waals surface area (Å²) in [6.07, 6.45) is 41.8. The molecule has 0 aromatic carbocycles. The monoisotopic (exact) mass is 610 g/mol. The van der Waals surface area contributed by atoms with Crippen molar-refractivity contribution < 1.29 is 51.5 Å². The molecule has 0 heterocycles. The molecule has 0 aliphatic heterocycles. The van der Waals surface area contributed by atoms with E-state index in [2.05, 4.69) is 30.2 Å². The fraction of sp³-hybridized carbons (Fsp3) is 0.912. The molecule has 0 bridgehead atoms. The third-order valence-corrected chi connectivity index (χ3v) is 7.74. The summed E-state index contributed by atoms with van der Waals surface area (Å²) in [5.41, 5.74) is 0. The van der Waals surface area contributed by atoms with E-state index in [9.17, 15) is 13.2 Å². The zero-order valence-electron chi connectivity index (χ0n) is 27.6. The fourth-order valence-corrected chi connectivity index (χ4v) is 5.06. The van der Waals surface area contributed by atoms with Crippen molar-refractivity contribution in [2.45, 2.75) is 194 Å². The second kappa shape index (κ2) is 40.3. The Labute approximate surface area is 279 Å². The van der Waals surface area contributed by atoms with Crippen molar-refractivity contribution in [1.82, 2.24) is 0 Å². The molecule has 1 N–H and O–H groups in total. The third-order valence-electron chi connectivity index (χ3n) is 7.27. The SMILES string of the molecule is CCCCCCCC/C=C\CCCCCCC[C-]=O.CCCCCCCCCCCCCCCCOS(=O)(=O)O.[Na+]. The summed E-state index contributed by atoms with van der Waals surface area (Å²) >= 11 is 0. The molecule has 0 fully saturated rings. The topological polar surface area (TPSA) is 80.7 Å². The van der Waals surface area contributed by atoms with Crippen molar-refractivity contribution in [3.63, 3.8) is 0 Å². The first-order chi connectivity index (χ1) is 19.5. The van der Waals surface area contributed by atoms with E-state index in [0.29, 0.717) is 12.8 Å². The van der Waals surface area contributed by atoms with E-state index < -0.39 is 10.4 Å². The van der Waals surface area contributed by atoms with Crippen molar-refractivity contribution in [3.8, 4) is 0 Å². The molecule has 5 nitrogen and oxygen atoms in total. The van der Waals surface area contributed by atoms with E-state index >= 15 is 0 Å². The summed E-state index contributed by atoms with van der Waals surface area (Å²) in [6.45, 7) is 4.61. The second-order valence-electron chi connectivity index (χ2n) is 11.3. The molecular weight excluding hydrogens is 543 g/mol. The first-order valence-corrected chi connectivity index (χ1v) is 18.5. The normalized spacial score (nSPS) is 11.3. The van der Waals surface area contributed by atoms with Gasteiger partial charge in [-0.1, -0.05) is 167 Å². The number of allylic oxidation sites excluding steroid dienone is 2. The smallest absolute Gasteiger partial charge is 0.542 e. The van der Waals surface area contributed by atoms with Crippen LogP contribution in [-0.4, -0.2) is 25.9 Å². The van der Waals surface area contributed by atoms with E-state index in [1.165, 1.54) is 148 Å². The van der Waals surface area contributed by atoms with Gasteiger partial charge in [0.05, 0.1) is 6.61 Å². The summed E-state index contributed by atoms with van der Waals surface area (Å²) in [5.74, 6) is 0. The van der Waals surface area contributed by atoms with Gasteiger partial charge in [-0.25, -0.2) is 4.18 Å². The van der Waals surface area contributed by atoms with Gasteiger partial charge in [-0.2, -0.15) is 14.8 Å². The standard InChI is InChI=1S/C18H33O.C16H34O4S.Na/c1-2-3-4-5-6-7-8-9-10-11-12-13-14-15-16-17-18-19;1-2-3-4-5-6-7-8-9-10-11-12-13-14-15-16-20-21(17,18)19;/h9-10H,2-8,11-17H2,1H3;2-16H2,1H3,(H,17,18,19);/q-1;;+1/b10-9-;;. The number of hydrogen-bond acceptors (Lipinski definition) is 4. The van der Waals surface area contributed by atoms with Crippen LogP contribution in [0.25, 0.3) is 0 Å². The maximum absolute atomic E-state index is 10.3. The van der Waals surface area contributed by atoms with Gasteiger partial charge in [0, 0.05) is 0 Å². The van der Waals surface area contributed by atoms with Crippen LogP contribution in [0.1, 0.15) is 194 Å². The summed E-state index contributed by atoms with van der Waals surface area (Å²) in [6, 6.07) is 0. The summed E-state index contributed by atoms with van der Waals surface area (Å²) in [7, 11) is -4.24. The molecule has 0 atom stereocenters. The molecule has 0 aromatic heterocycles. The molecule has 7 heteroatoms. The molecule has 0 radical (unpaired) electrons. The van der Waals surface area contributed by atoms with Crippen LogP contribution in [0.5, 0.6) is 0 Å². The number of unbranched alkanes of at least 4 members (excludes halogenated alkanes) is 25. The van der Waals surface area contributed by atoms with Crippen LogP contribution in [0, 0.1) is 0 Å². The molecular formula is C34H67NaO5S. The Morgan fingerprint density at radius 3 is 1.20 bits per heavy atom. The Morgan fingerprint density at radius 2 is 0.854 bits per heavy atom. The number of rotatable bonds is 31. The zero-order chi connectivity index (χ0) is 29.8. The van der Waals surface area contributed by atoms with Crippen LogP contribution < -0.4 is 29.6 Å². The van der Waals surface area contributed by atoms with Crippen LogP contribution in [0.3, 0.4) is 0 Å². The van der Waals surface area contributed by atoms with Crippen molar-refractivity contribution in [1.29, 1.82) is 0 Å². The number of carbonyl (C=O) groups excluding carboxylic acids is 1. The van der Waals surface area contributed by atoms with Crippen molar-refractivity contribution in [2.24, 2.45) is 0 Å². The molecule has 0 aromatic rings. The van der Waals surface area contributed by atoms with Crippen LogP contribution >= 0.6 is 0 Å². The first kappa shape index (κ1) is 45.7. The Hall–Kier alpha value is 0.280. The minimum absolute atomic E-state index is 0. The molecule has 41 heavy (non-hydrogen) atoms. The Kier molecular flexibility index (Phi) is 44.9. The Morgan fingerprint density at radius 1 is 0.537 bits per heavy atom. The van der Waals surface area contributed by atoms with Crippen LogP contribution in [0.2, 0.25) is 0 Å². The van der Waals surface area contributed by atoms with Crippen LogP contribution in [0.15, 0.2) is 12.2 Å². The minimum atomic E-state index is -4.24. The molecule has 0 saturated heterocycles. The number of hydrogen-bond donors (Lipinski definition) is 1. The average molecular weight is 611 g/mol. The maximum Gasteiger partial charge on any atom is 1.00 e. The minimum Gasteiger partial charge on any atom is -0.542 e. The Bertz CT molecular complexity index is 610. The molecule has 0 amide bonds. The summed E-state index contributed by atoms with van der Waals surface area (Å²) in [4.78, 5) is 10.0. The molecule has 240 valence electrons. The maximum atomic E-state index is 10.3. The van der Waals surface area contributed by atoms with Gasteiger partial charge in [0.1, 0.15) is 0 Å². The van der Waals surface area contributed by atoms with Gasteiger partial charge < -0.3 is 4.79 Å². The molecule has 0 unspecified atom stereocenters. The molecule has 0 saturated carbocycles. The Balaban J connectivity index is -0.000000691. The van der Waals surface area contributed by atoms with Crippen molar-refractivity contribution >= 4 is 16.7 Å². The van der Waals surface area contributed by atoms with Crippen LogP contribution in [-0.2, 0) is 19.4 Å². The summed E-state index contributed by atoms with van der Waals surface area (Å²) < 4.78 is 33.2. The van der Waals surface area contributed by atoms with Gasteiger partial charge in [-0.3, -0.25) is 10.8 Å². The molecule has 0 aliphatic carbocycles. The molecule has 0 spiro atoms. The van der Waals surface area contributed by atoms with Gasteiger partial charge in [-0.15, -0.1) is 0 Å². The quantitative estimate of drug-likeness (QED) is 0.0280. The van der Waals surface area contributed by atoms with Gasteiger partial charge in [-0.05, 0) is 32.1 Å². The second-order valence-corrected chi connectivity index (χ2v) is 12.4. The largest absolute Gasteiger partial charge is 1.00 e. The van der Waals surface area contributed by atoms with Crippen molar-refractivity contribution in [3.05, 3.63) is 12.2 Å². The van der Waals surface area contributed by atoms with Crippen molar-refractivity contribution in [2.75, 3.05) is 6.61 Å². The van der Waals surface area contributed by atoms with E-state index in [4.69, 9.17) is 4.55 Å². The molecule has 0 rings (SSSR count). The third kappa shape index (κ3) is 50.2. The van der Waals surface area contributed by atoms with Gasteiger partial charge in [0.2, 0.25) is 0 Å². The van der Waals surface area contributed by atoms with E-state index in [0.717, 1.165) is 19.3 Å². The average Bonchev–Trinajstić information content (AvgIpc) is 2.93. The summed E-state index contributed by atoms with van der Waals surface area (Å²) in [5, 5.41) is 0. The van der Waals surface area contributed by atoms with Gasteiger partial charge >= 0.3 is 40.0 Å². The molecule has 0 aliphatic rings. The predicted molar refractivity (Wildman–Crippen MR) is 173 cm³/mol. The van der Waals surface area contributed by atoms with E-state index in [-0.39, 0.29) is 36.2 Å². The first-order valence-electron chi connectivity index (χ1n) is 17.1. The van der Waals surface area contributed by atoms with E-state index in [1.807, 2.05) is 6.29 Å². The fourth-order valence-electron chi connectivity index (χ4n) is 4.73. The van der Waals surface area contributed by atoms with Gasteiger partial charge in [0.15, 0.2) is 0 Å². The zero-order valence-corrected chi connectivity index (χ0v) is 30.5. The van der Waals surface area contributed by atoms with E-state index in [1.54, 1.807) is 0 Å². The van der Waals surface area contributed by atoms with Crippen LogP contribution in [0.4, 0.5) is 0 Å². The predicted octanol–water partition coefficient (Wildman–Crippen LogP) is 8.42.